The molecule has 2 unspecified atom stereocenters. The number of aromatic nitrogens is 3. The fourth-order valence-corrected chi connectivity index (χ4v) is 8.61. The van der Waals surface area contributed by atoms with Gasteiger partial charge in [-0.3, -0.25) is 4.79 Å². The molecule has 4 aromatic rings. The van der Waals surface area contributed by atoms with Crippen LogP contribution in [-0.4, -0.2) is 75.8 Å². The molecule has 6 rings (SSSR count). The summed E-state index contributed by atoms with van der Waals surface area (Å²) in [6.45, 7) is 1.81. The molecule has 1 aliphatic heterocycles. The number of nitrogens with one attached hydrogen (secondary N) is 1. The van der Waals surface area contributed by atoms with E-state index in [0.717, 1.165) is 16.8 Å². The number of pyridine rings is 1. The molecule has 4 atom stereocenters. The normalized spacial score (nSPS) is 23.3. The molecule has 10 nitrogen and oxygen atoms in total. The number of para-hydroxylation sites is 2. The maximum Gasteiger partial charge on any atom is 0.241 e. The quantitative estimate of drug-likeness (QED) is 0.231. The number of allylic oxidation sites excluding steroid dienone is 3. The summed E-state index contributed by atoms with van der Waals surface area (Å²) >= 11 is 14.0. The lowest BCUT2D eigenvalue weighted by Crippen LogP contribution is -2.46. The number of rotatable bonds is 10. The predicted octanol–water partition coefficient (Wildman–Crippen LogP) is 5.13. The lowest BCUT2D eigenvalue weighted by atomic mass is 10.00. The van der Waals surface area contributed by atoms with E-state index in [1.54, 1.807) is 42.9 Å². The van der Waals surface area contributed by atoms with Gasteiger partial charge in [0.1, 0.15) is 34.6 Å². The van der Waals surface area contributed by atoms with Crippen LogP contribution in [-0.2, 0) is 14.8 Å². The van der Waals surface area contributed by atoms with E-state index < -0.39 is 32.4 Å². The lowest BCUT2D eigenvalue weighted by Gasteiger charge is -2.34. The third kappa shape index (κ3) is 6.37. The van der Waals surface area contributed by atoms with Crippen molar-refractivity contribution in [2.24, 2.45) is 0 Å². The topological polar surface area (TPSA) is 116 Å². The van der Waals surface area contributed by atoms with Crippen LogP contribution in [0.3, 0.4) is 0 Å². The number of hydrogen-bond donors (Lipinski definition) is 1. The smallest absolute Gasteiger partial charge is 0.241 e. The summed E-state index contributed by atoms with van der Waals surface area (Å²) in [5, 5.41) is 2.26. The van der Waals surface area contributed by atoms with Gasteiger partial charge in [0.05, 0.1) is 28.8 Å². The number of alkyl halides is 2. The molecule has 1 aliphatic carbocycles. The van der Waals surface area contributed by atoms with E-state index in [0.29, 0.717) is 23.4 Å². The van der Waals surface area contributed by atoms with Gasteiger partial charge >= 0.3 is 0 Å². The van der Waals surface area contributed by atoms with E-state index in [1.165, 1.54) is 17.4 Å². The number of carbonyl (C=O) groups is 1. The molecule has 2 aromatic carbocycles. The second-order valence-electron chi connectivity index (χ2n) is 11.3. The number of aryl methyl sites for hydroxylation is 1. The van der Waals surface area contributed by atoms with Crippen LogP contribution in [0.1, 0.15) is 18.5 Å². The van der Waals surface area contributed by atoms with Crippen LogP contribution in [0, 0.1) is 6.92 Å². The summed E-state index contributed by atoms with van der Waals surface area (Å²) in [7, 11) is -2.66. The van der Waals surface area contributed by atoms with Crippen molar-refractivity contribution in [1.82, 2.24) is 24.2 Å². The van der Waals surface area contributed by atoms with Crippen molar-refractivity contribution in [1.29, 1.82) is 0 Å². The molecule has 0 saturated carbocycles. The van der Waals surface area contributed by atoms with Gasteiger partial charge in [0, 0.05) is 49.4 Å². The molecule has 1 N–H and O–H groups in total. The minimum absolute atomic E-state index is 0.0237. The van der Waals surface area contributed by atoms with Gasteiger partial charge in [0.2, 0.25) is 15.9 Å². The van der Waals surface area contributed by atoms with Gasteiger partial charge in [0.15, 0.2) is 0 Å². The zero-order chi connectivity index (χ0) is 32.5. The minimum atomic E-state index is -4.17. The van der Waals surface area contributed by atoms with Gasteiger partial charge in [-0.2, -0.15) is 4.31 Å². The fraction of sp³-hybridized carbons (Fsp3) is 0.303. The Morgan fingerprint density at radius 2 is 1.98 bits per heavy atom. The number of nitrogens with zero attached hydrogens (tertiary/aromatic N) is 4. The number of benzene rings is 2. The molecule has 1 fully saturated rings. The summed E-state index contributed by atoms with van der Waals surface area (Å²) in [6, 6.07) is 16.1. The van der Waals surface area contributed by atoms with E-state index in [1.807, 2.05) is 54.1 Å². The monoisotopic (exact) mass is 681 g/mol. The van der Waals surface area contributed by atoms with Crippen LogP contribution in [0.25, 0.3) is 16.6 Å². The molecule has 0 radical (unpaired) electrons. The maximum absolute atomic E-state index is 14.2. The third-order valence-electron chi connectivity index (χ3n) is 8.12. The van der Waals surface area contributed by atoms with Gasteiger partial charge in [-0.1, -0.05) is 42.5 Å². The largest absolute Gasteiger partial charge is 0.489 e. The fourth-order valence-electron chi connectivity index (χ4n) is 5.85. The summed E-state index contributed by atoms with van der Waals surface area (Å²) in [6.07, 6.45) is 9.79. The summed E-state index contributed by atoms with van der Waals surface area (Å²) in [5.74, 6) is 0.818. The average molecular weight is 683 g/mol. The van der Waals surface area contributed by atoms with E-state index in [9.17, 15) is 13.2 Å². The van der Waals surface area contributed by atoms with E-state index >= 15 is 0 Å². The van der Waals surface area contributed by atoms with Gasteiger partial charge < -0.3 is 19.4 Å². The number of amides is 1. The van der Waals surface area contributed by atoms with Crippen LogP contribution in [0.2, 0.25) is 0 Å². The molecule has 2 aromatic heterocycles. The Hall–Kier alpha value is -3.90. The number of ether oxygens (including phenoxy) is 2. The van der Waals surface area contributed by atoms with Crippen molar-refractivity contribution in [3.63, 3.8) is 0 Å². The SMILES string of the molecule is CNC(=O)C[C@@H]1C[C@@H](Oc2ccccc2)CN1S(=O)(=O)C1=CC=CC(Cl)(COc2cccc3c(-n4ccnc4)cc(C)nc23)C1Cl. The Labute approximate surface area is 277 Å². The standard InChI is InChI=1S/C33H33Cl2N5O5S/c1-22-16-27(39-15-14-37-21-39)26-10-6-11-28(31(26)38-22)44-20-33(35)13-7-12-29(32(33)34)46(42,43)40-19-25(17-23(40)18-30(41)36-2)45-24-8-4-3-5-9-24/h3-16,21,23,25,32H,17-20H2,1-2H3,(H,36,41)/t23-,25+,32?,33?/m0/s1. The maximum atomic E-state index is 14.2. The molecule has 13 heteroatoms. The minimum Gasteiger partial charge on any atom is -0.489 e. The number of sulfonamides is 1. The first kappa shape index (κ1) is 32.1. The first-order valence-electron chi connectivity index (χ1n) is 14.8. The van der Waals surface area contributed by atoms with E-state index in [-0.39, 0.29) is 30.4 Å². The van der Waals surface area contributed by atoms with Crippen molar-refractivity contribution in [3.8, 4) is 17.2 Å². The molecule has 0 bridgehead atoms. The lowest BCUT2D eigenvalue weighted by molar-refractivity contribution is -0.121. The van der Waals surface area contributed by atoms with Gasteiger partial charge in [-0.15, -0.1) is 23.2 Å². The summed E-state index contributed by atoms with van der Waals surface area (Å²) in [5.41, 5.74) is 2.30. The predicted molar refractivity (Wildman–Crippen MR) is 178 cm³/mol. The average Bonchev–Trinajstić information content (AvgIpc) is 3.72. The molecule has 1 saturated heterocycles. The molecule has 46 heavy (non-hydrogen) atoms. The molecule has 3 heterocycles. The first-order chi connectivity index (χ1) is 22.1. The number of halogens is 2. The van der Waals surface area contributed by atoms with Crippen molar-refractivity contribution < 1.29 is 22.7 Å². The Morgan fingerprint density at radius 1 is 1.17 bits per heavy atom. The Balaban J connectivity index is 1.24. The highest BCUT2D eigenvalue weighted by atomic mass is 35.5. The van der Waals surface area contributed by atoms with E-state index in [4.69, 9.17) is 37.7 Å². The van der Waals surface area contributed by atoms with Gasteiger partial charge in [-0.25, -0.2) is 18.4 Å². The number of fused-ring (bicyclic) bond motifs is 1. The van der Waals surface area contributed by atoms with Crippen LogP contribution in [0.5, 0.6) is 11.5 Å². The Bertz CT molecular complexity index is 1900. The van der Waals surface area contributed by atoms with Crippen LogP contribution < -0.4 is 14.8 Å². The van der Waals surface area contributed by atoms with E-state index in [2.05, 4.69) is 10.3 Å². The summed E-state index contributed by atoms with van der Waals surface area (Å²) < 4.78 is 44.0. The first-order valence-corrected chi connectivity index (χ1v) is 17.0. The Morgan fingerprint density at radius 3 is 2.72 bits per heavy atom. The van der Waals surface area contributed by atoms with Gasteiger partial charge in [0.25, 0.3) is 0 Å². The molecular weight excluding hydrogens is 649 g/mol. The highest BCUT2D eigenvalue weighted by molar-refractivity contribution is 7.93. The van der Waals surface area contributed by atoms with Crippen molar-refractivity contribution in [3.05, 3.63) is 102 Å². The zero-order valence-corrected chi connectivity index (χ0v) is 27.5. The highest BCUT2D eigenvalue weighted by Crippen LogP contribution is 2.41. The molecule has 1 amide bonds. The second kappa shape index (κ2) is 13.1. The number of imidazole rings is 1. The van der Waals surface area contributed by atoms with Crippen LogP contribution in [0.15, 0.2) is 96.5 Å². The second-order valence-corrected chi connectivity index (χ2v) is 14.3. The van der Waals surface area contributed by atoms with Crippen molar-refractivity contribution >= 4 is 50.0 Å². The highest BCUT2D eigenvalue weighted by Gasteiger charge is 2.49. The van der Waals surface area contributed by atoms with Crippen molar-refractivity contribution in [2.75, 3.05) is 20.2 Å². The summed E-state index contributed by atoms with van der Waals surface area (Å²) in [4.78, 5) is 19.8. The van der Waals surface area contributed by atoms with Crippen LogP contribution in [0.4, 0.5) is 0 Å². The molecule has 0 spiro atoms. The third-order valence-corrected chi connectivity index (χ3v) is 11.5. The Kier molecular flexibility index (Phi) is 9.11. The number of hydrogen-bond acceptors (Lipinski definition) is 7. The van der Waals surface area contributed by atoms with Crippen LogP contribution >= 0.6 is 23.2 Å². The van der Waals surface area contributed by atoms with Crippen molar-refractivity contribution in [2.45, 2.75) is 42.2 Å². The number of carbonyl (C=O) groups excluding carboxylic acids is 1. The molecule has 2 aliphatic rings. The molecule has 240 valence electrons. The zero-order valence-electron chi connectivity index (χ0n) is 25.2. The van der Waals surface area contributed by atoms with Gasteiger partial charge in [-0.05, 0) is 37.3 Å². The molecular formula is C33H33Cl2N5O5S.